The van der Waals surface area contributed by atoms with E-state index in [0.717, 1.165) is 26.1 Å². The maximum absolute atomic E-state index is 10.7. The molecule has 0 amide bonds. The monoisotopic (exact) mass is 262 g/mol. The van der Waals surface area contributed by atoms with Crippen LogP contribution >= 0.6 is 0 Å². The summed E-state index contributed by atoms with van der Waals surface area (Å²) in [6.45, 7) is 2.99. The second-order valence-electron chi connectivity index (χ2n) is 5.23. The van der Waals surface area contributed by atoms with Crippen molar-refractivity contribution in [2.75, 3.05) is 31.6 Å². The molecule has 0 saturated carbocycles. The van der Waals surface area contributed by atoms with E-state index in [1.807, 2.05) is 18.2 Å². The van der Waals surface area contributed by atoms with Gasteiger partial charge < -0.3 is 14.9 Å². The third-order valence-corrected chi connectivity index (χ3v) is 3.68. The lowest BCUT2D eigenvalue weighted by atomic mass is 10.1. The van der Waals surface area contributed by atoms with Gasteiger partial charge in [-0.15, -0.1) is 0 Å². The molecule has 1 aliphatic heterocycles. The second-order valence-corrected chi connectivity index (χ2v) is 5.23. The van der Waals surface area contributed by atoms with Crippen LogP contribution in [0.4, 0.5) is 5.69 Å². The first-order valence-corrected chi connectivity index (χ1v) is 6.89. The number of anilines is 1. The molecule has 1 aromatic rings. The molecule has 0 radical (unpaired) electrons. The summed E-state index contributed by atoms with van der Waals surface area (Å²) in [6.07, 6.45) is 2.09. The Hall–Kier alpha value is -1.55. The van der Waals surface area contributed by atoms with Crippen LogP contribution in [0.25, 0.3) is 0 Å². The molecule has 1 unspecified atom stereocenters. The van der Waals surface area contributed by atoms with E-state index in [0.29, 0.717) is 12.5 Å². The lowest BCUT2D eigenvalue weighted by molar-refractivity contribution is -0.137. The summed E-state index contributed by atoms with van der Waals surface area (Å²) in [5.74, 6) is -0.712. The highest BCUT2D eigenvalue weighted by atomic mass is 16.4. The third-order valence-electron chi connectivity index (χ3n) is 3.68. The Morgan fingerprint density at radius 1 is 1.42 bits per heavy atom. The van der Waals surface area contributed by atoms with Crippen LogP contribution in [0, 0.1) is 0 Å². The summed E-state index contributed by atoms with van der Waals surface area (Å²) < 4.78 is 0. The van der Waals surface area contributed by atoms with Gasteiger partial charge in [-0.2, -0.15) is 0 Å². The minimum atomic E-state index is -0.712. The van der Waals surface area contributed by atoms with Crippen LogP contribution in [-0.2, 0) is 4.79 Å². The second kappa shape index (κ2) is 6.57. The van der Waals surface area contributed by atoms with Gasteiger partial charge >= 0.3 is 5.97 Å². The van der Waals surface area contributed by atoms with Crippen molar-refractivity contribution in [3.63, 3.8) is 0 Å². The molecule has 19 heavy (non-hydrogen) atoms. The van der Waals surface area contributed by atoms with E-state index in [-0.39, 0.29) is 6.42 Å². The van der Waals surface area contributed by atoms with E-state index in [9.17, 15) is 4.79 Å². The van der Waals surface area contributed by atoms with Crippen LogP contribution in [0.5, 0.6) is 0 Å². The highest BCUT2D eigenvalue weighted by Crippen LogP contribution is 2.22. The fourth-order valence-corrected chi connectivity index (χ4v) is 2.71. The van der Waals surface area contributed by atoms with Crippen molar-refractivity contribution in [3.05, 3.63) is 30.3 Å². The number of hydrogen-bond donors (Lipinski definition) is 1. The van der Waals surface area contributed by atoms with E-state index < -0.39 is 5.97 Å². The Morgan fingerprint density at radius 2 is 2.16 bits per heavy atom. The van der Waals surface area contributed by atoms with Crippen molar-refractivity contribution in [1.82, 2.24) is 4.90 Å². The lowest BCUT2D eigenvalue weighted by Gasteiger charge is -2.31. The molecule has 1 saturated heterocycles. The van der Waals surface area contributed by atoms with Gasteiger partial charge in [0.05, 0.1) is 0 Å². The van der Waals surface area contributed by atoms with Gasteiger partial charge in [0.15, 0.2) is 0 Å². The van der Waals surface area contributed by atoms with E-state index in [1.54, 1.807) is 0 Å². The summed E-state index contributed by atoms with van der Waals surface area (Å²) in [4.78, 5) is 15.4. The number of carboxylic acids is 1. The van der Waals surface area contributed by atoms with Gasteiger partial charge in [0.25, 0.3) is 0 Å². The molecule has 0 aliphatic carbocycles. The van der Waals surface area contributed by atoms with E-state index >= 15 is 0 Å². The van der Waals surface area contributed by atoms with Crippen molar-refractivity contribution < 1.29 is 9.90 Å². The summed E-state index contributed by atoms with van der Waals surface area (Å²) in [6, 6.07) is 10.8. The summed E-state index contributed by atoms with van der Waals surface area (Å²) in [5.41, 5.74) is 1.20. The van der Waals surface area contributed by atoms with Gasteiger partial charge in [-0.05, 0) is 38.6 Å². The molecule has 2 rings (SSSR count). The Kier molecular flexibility index (Phi) is 4.80. The number of nitrogens with zero attached hydrogens (tertiary/aromatic N) is 2. The van der Waals surface area contributed by atoms with Crippen molar-refractivity contribution in [2.45, 2.75) is 25.3 Å². The highest BCUT2D eigenvalue weighted by Gasteiger charge is 2.25. The smallest absolute Gasteiger partial charge is 0.303 e. The molecule has 0 aromatic heterocycles. The van der Waals surface area contributed by atoms with Crippen LogP contribution < -0.4 is 4.90 Å². The number of carbonyl (C=O) groups is 1. The number of para-hydroxylation sites is 1. The Labute approximate surface area is 114 Å². The molecule has 0 bridgehead atoms. The fourth-order valence-electron chi connectivity index (χ4n) is 2.71. The van der Waals surface area contributed by atoms with E-state index in [2.05, 4.69) is 29.0 Å². The number of aliphatic carboxylic acids is 1. The first-order valence-electron chi connectivity index (χ1n) is 6.89. The molecule has 1 fully saturated rings. The van der Waals surface area contributed by atoms with Gasteiger partial charge in [-0.25, -0.2) is 0 Å². The first-order chi connectivity index (χ1) is 9.16. The Bertz CT molecular complexity index is 408. The third kappa shape index (κ3) is 3.96. The largest absolute Gasteiger partial charge is 0.481 e. The molecular weight excluding hydrogens is 240 g/mol. The molecule has 1 N–H and O–H groups in total. The average molecular weight is 262 g/mol. The summed E-state index contributed by atoms with van der Waals surface area (Å²) in [7, 11) is 2.14. The average Bonchev–Trinajstić information content (AvgIpc) is 2.82. The van der Waals surface area contributed by atoms with Gasteiger partial charge in [-0.3, -0.25) is 4.79 Å². The van der Waals surface area contributed by atoms with Gasteiger partial charge in [-0.1, -0.05) is 18.2 Å². The zero-order valence-electron chi connectivity index (χ0n) is 11.5. The SMILES string of the molecule is CN1CCC(N(CCCC(=O)O)c2ccccc2)C1. The maximum atomic E-state index is 10.7. The Morgan fingerprint density at radius 3 is 2.74 bits per heavy atom. The number of benzene rings is 1. The quantitative estimate of drug-likeness (QED) is 0.852. The van der Waals surface area contributed by atoms with E-state index in [4.69, 9.17) is 5.11 Å². The minimum absolute atomic E-state index is 0.242. The van der Waals surface area contributed by atoms with Crippen LogP contribution in [-0.4, -0.2) is 48.7 Å². The predicted molar refractivity (Wildman–Crippen MR) is 76.6 cm³/mol. The zero-order chi connectivity index (χ0) is 13.7. The lowest BCUT2D eigenvalue weighted by Crippen LogP contribution is -2.38. The molecule has 1 aliphatic rings. The first kappa shape index (κ1) is 13.9. The number of likely N-dealkylation sites (N-methyl/N-ethyl adjacent to an activating group) is 1. The number of carboxylic acid groups (broad SMARTS) is 1. The molecule has 4 heteroatoms. The standard InChI is InChI=1S/C15H22N2O2/c1-16-11-9-14(12-16)17(10-5-8-15(18)19)13-6-3-2-4-7-13/h2-4,6-7,14H,5,8-12H2,1H3,(H,18,19). The van der Waals surface area contributed by atoms with Crippen molar-refractivity contribution >= 4 is 11.7 Å². The molecular formula is C15H22N2O2. The maximum Gasteiger partial charge on any atom is 0.303 e. The van der Waals surface area contributed by atoms with Crippen LogP contribution in [0.2, 0.25) is 0 Å². The summed E-state index contributed by atoms with van der Waals surface area (Å²) in [5, 5.41) is 8.78. The van der Waals surface area contributed by atoms with E-state index in [1.165, 1.54) is 5.69 Å². The number of hydrogen-bond acceptors (Lipinski definition) is 3. The molecule has 1 aromatic carbocycles. The molecule has 1 heterocycles. The Balaban J connectivity index is 2.03. The van der Waals surface area contributed by atoms with Gasteiger partial charge in [0, 0.05) is 31.2 Å². The molecule has 0 spiro atoms. The number of rotatable bonds is 6. The van der Waals surface area contributed by atoms with Crippen molar-refractivity contribution in [3.8, 4) is 0 Å². The van der Waals surface area contributed by atoms with Crippen molar-refractivity contribution in [1.29, 1.82) is 0 Å². The molecule has 1 atom stereocenters. The normalized spacial score (nSPS) is 19.5. The van der Waals surface area contributed by atoms with Gasteiger partial charge in [0.1, 0.15) is 0 Å². The van der Waals surface area contributed by atoms with Gasteiger partial charge in [0.2, 0.25) is 0 Å². The fraction of sp³-hybridized carbons (Fsp3) is 0.533. The minimum Gasteiger partial charge on any atom is -0.481 e. The topological polar surface area (TPSA) is 43.8 Å². The van der Waals surface area contributed by atoms with Crippen LogP contribution in [0.1, 0.15) is 19.3 Å². The molecule has 4 nitrogen and oxygen atoms in total. The zero-order valence-corrected chi connectivity index (χ0v) is 11.5. The summed E-state index contributed by atoms with van der Waals surface area (Å²) >= 11 is 0. The predicted octanol–water partition coefficient (Wildman–Crippen LogP) is 2.06. The van der Waals surface area contributed by atoms with Crippen LogP contribution in [0.3, 0.4) is 0 Å². The highest BCUT2D eigenvalue weighted by molar-refractivity contribution is 5.66. The number of likely N-dealkylation sites (tertiary alicyclic amines) is 1. The van der Waals surface area contributed by atoms with Crippen molar-refractivity contribution in [2.24, 2.45) is 0 Å². The van der Waals surface area contributed by atoms with Crippen LogP contribution in [0.15, 0.2) is 30.3 Å². The molecule has 104 valence electrons.